The molecule has 0 aliphatic carbocycles. The Bertz CT molecular complexity index is 132. The van der Waals surface area contributed by atoms with E-state index in [4.69, 9.17) is 4.21 Å². The standard InChI is InChI=1S/C5H15O2PSi/c1-8(2,6)7-9(3,4)5/h1-5H3. The van der Waals surface area contributed by atoms with Crippen LogP contribution in [0.25, 0.3) is 0 Å². The van der Waals surface area contributed by atoms with Gasteiger partial charge in [-0.1, -0.05) is 0 Å². The lowest BCUT2D eigenvalue weighted by Crippen LogP contribution is -2.22. The van der Waals surface area contributed by atoms with Crippen molar-refractivity contribution in [2.45, 2.75) is 19.6 Å². The smallest absolute Gasteiger partial charge is 0.192 e. The van der Waals surface area contributed by atoms with Crippen molar-refractivity contribution in [3.8, 4) is 0 Å². The first-order chi connectivity index (χ1) is 3.71. The molecule has 0 radical (unpaired) electrons. The van der Waals surface area contributed by atoms with Crippen LogP contribution in [0.5, 0.6) is 0 Å². The maximum absolute atomic E-state index is 11.0. The second kappa shape index (κ2) is 2.57. The lowest BCUT2D eigenvalue weighted by atomic mass is 11.8. The highest BCUT2D eigenvalue weighted by atomic mass is 31.2. The van der Waals surface area contributed by atoms with Crippen molar-refractivity contribution >= 4 is 15.7 Å². The maximum atomic E-state index is 11.0. The molecule has 0 fully saturated rings. The third kappa shape index (κ3) is 8.41. The molecule has 0 amide bonds. The van der Waals surface area contributed by atoms with Crippen LogP contribution in [0.4, 0.5) is 0 Å². The minimum atomic E-state index is -2.23. The van der Waals surface area contributed by atoms with Crippen molar-refractivity contribution in [3.63, 3.8) is 0 Å². The van der Waals surface area contributed by atoms with Gasteiger partial charge in [-0.15, -0.1) is 0 Å². The Morgan fingerprint density at radius 3 is 1.56 bits per heavy atom. The molecule has 0 bridgehead atoms. The van der Waals surface area contributed by atoms with Crippen LogP contribution in [0, 0.1) is 0 Å². The molecule has 9 heavy (non-hydrogen) atoms. The monoisotopic (exact) mass is 166 g/mol. The van der Waals surface area contributed by atoms with E-state index in [-0.39, 0.29) is 0 Å². The normalized spacial score (nSPS) is 13.9. The number of hydrogen-bond acceptors (Lipinski definition) is 2. The molecule has 0 aromatic rings. The average molecular weight is 166 g/mol. The van der Waals surface area contributed by atoms with Crippen LogP contribution in [0.3, 0.4) is 0 Å². The molecule has 0 aromatic heterocycles. The summed E-state index contributed by atoms with van der Waals surface area (Å²) in [5.74, 6) is 0. The van der Waals surface area contributed by atoms with Crippen molar-refractivity contribution < 1.29 is 8.78 Å². The van der Waals surface area contributed by atoms with Crippen LogP contribution < -0.4 is 0 Å². The van der Waals surface area contributed by atoms with Crippen LogP contribution in [-0.2, 0) is 8.78 Å². The van der Waals surface area contributed by atoms with Crippen molar-refractivity contribution in [3.05, 3.63) is 0 Å². The summed E-state index contributed by atoms with van der Waals surface area (Å²) in [7, 11) is -3.78. The zero-order valence-electron chi connectivity index (χ0n) is 6.76. The molecule has 0 saturated carbocycles. The van der Waals surface area contributed by atoms with E-state index in [9.17, 15) is 4.57 Å². The predicted octanol–water partition coefficient (Wildman–Crippen LogP) is 2.38. The van der Waals surface area contributed by atoms with Gasteiger partial charge in [-0.2, -0.15) is 0 Å². The molecule has 0 heterocycles. The largest absolute Gasteiger partial charge is 0.371 e. The maximum Gasteiger partial charge on any atom is 0.192 e. The van der Waals surface area contributed by atoms with Gasteiger partial charge in [0.15, 0.2) is 15.7 Å². The van der Waals surface area contributed by atoms with Gasteiger partial charge < -0.3 is 4.21 Å². The van der Waals surface area contributed by atoms with E-state index >= 15 is 0 Å². The van der Waals surface area contributed by atoms with E-state index in [0.717, 1.165) is 0 Å². The fourth-order valence-electron chi connectivity index (χ4n) is 0.660. The van der Waals surface area contributed by atoms with Crippen molar-refractivity contribution in [1.29, 1.82) is 0 Å². The van der Waals surface area contributed by atoms with E-state index in [1.165, 1.54) is 0 Å². The minimum absolute atomic E-state index is 1.56. The third-order valence-electron chi connectivity index (χ3n) is 0.494. The Labute approximate surface area is 58.2 Å². The van der Waals surface area contributed by atoms with Gasteiger partial charge in [0.25, 0.3) is 0 Å². The molecule has 0 aliphatic rings. The van der Waals surface area contributed by atoms with E-state index in [1.807, 2.05) is 19.6 Å². The lowest BCUT2D eigenvalue weighted by Gasteiger charge is -2.20. The van der Waals surface area contributed by atoms with Gasteiger partial charge in [0.1, 0.15) is 0 Å². The van der Waals surface area contributed by atoms with Crippen molar-refractivity contribution in [2.75, 3.05) is 13.3 Å². The fraction of sp³-hybridized carbons (Fsp3) is 1.00. The van der Waals surface area contributed by atoms with E-state index in [2.05, 4.69) is 0 Å². The summed E-state index contributed by atoms with van der Waals surface area (Å²) in [6.07, 6.45) is 0. The highest BCUT2D eigenvalue weighted by molar-refractivity contribution is 7.58. The number of rotatable bonds is 2. The summed E-state index contributed by atoms with van der Waals surface area (Å²) in [4.78, 5) is 0. The van der Waals surface area contributed by atoms with Crippen LogP contribution in [0.2, 0.25) is 19.6 Å². The van der Waals surface area contributed by atoms with Gasteiger partial charge in [0.05, 0.1) is 0 Å². The second-order valence-corrected chi connectivity index (χ2v) is 10.9. The highest BCUT2D eigenvalue weighted by Gasteiger charge is 2.21. The summed E-state index contributed by atoms with van der Waals surface area (Å²) < 4.78 is 16.4. The molecule has 0 aliphatic heterocycles. The van der Waals surface area contributed by atoms with Crippen LogP contribution in [0.15, 0.2) is 0 Å². The molecule has 2 nitrogen and oxygen atoms in total. The van der Waals surface area contributed by atoms with E-state index in [1.54, 1.807) is 13.3 Å². The lowest BCUT2D eigenvalue weighted by molar-refractivity contribution is 0.494. The first-order valence-electron chi connectivity index (χ1n) is 2.96. The van der Waals surface area contributed by atoms with Gasteiger partial charge in [-0.05, 0) is 19.6 Å². The molecule has 0 atom stereocenters. The topological polar surface area (TPSA) is 26.3 Å². The molecular formula is C5H15O2PSi. The summed E-state index contributed by atoms with van der Waals surface area (Å²) in [6, 6.07) is 0. The van der Waals surface area contributed by atoms with Gasteiger partial charge in [-0.3, -0.25) is 4.57 Å². The zero-order chi connectivity index (χ0) is 7.71. The molecule has 4 heteroatoms. The van der Waals surface area contributed by atoms with Gasteiger partial charge in [-0.25, -0.2) is 0 Å². The van der Waals surface area contributed by atoms with Crippen LogP contribution in [-0.4, -0.2) is 21.6 Å². The third-order valence-corrected chi connectivity index (χ3v) is 4.44. The molecule has 56 valence electrons. The highest BCUT2D eigenvalue weighted by Crippen LogP contribution is 2.40. The first kappa shape index (κ1) is 9.41. The average Bonchev–Trinajstić information content (AvgIpc) is 1.14. The molecular weight excluding hydrogens is 151 g/mol. The molecule has 0 saturated heterocycles. The predicted molar refractivity (Wildman–Crippen MR) is 43.9 cm³/mol. The van der Waals surface area contributed by atoms with Crippen molar-refractivity contribution in [2.24, 2.45) is 0 Å². The van der Waals surface area contributed by atoms with Gasteiger partial charge in [0.2, 0.25) is 0 Å². The zero-order valence-corrected chi connectivity index (χ0v) is 8.66. The van der Waals surface area contributed by atoms with Gasteiger partial charge in [0, 0.05) is 13.3 Å². The summed E-state index contributed by atoms with van der Waals surface area (Å²) >= 11 is 0. The summed E-state index contributed by atoms with van der Waals surface area (Å²) in [5, 5.41) is 0. The summed E-state index contributed by atoms with van der Waals surface area (Å²) in [6.45, 7) is 9.42. The SMILES string of the molecule is C[Si](C)(C)OP(C)(C)=O. The van der Waals surface area contributed by atoms with Crippen LogP contribution >= 0.6 is 7.37 Å². The van der Waals surface area contributed by atoms with E-state index in [0.29, 0.717) is 0 Å². The van der Waals surface area contributed by atoms with Gasteiger partial charge >= 0.3 is 0 Å². The molecule has 0 N–H and O–H groups in total. The minimum Gasteiger partial charge on any atom is -0.371 e. The first-order valence-corrected chi connectivity index (χ1v) is 8.89. The Balaban J connectivity index is 3.90. The Hall–Kier alpha value is 0.407. The van der Waals surface area contributed by atoms with E-state index < -0.39 is 15.7 Å². The number of hydrogen-bond donors (Lipinski definition) is 0. The Morgan fingerprint density at radius 1 is 1.22 bits per heavy atom. The molecule has 0 rings (SSSR count). The quantitative estimate of drug-likeness (QED) is 0.465. The summed E-state index contributed by atoms with van der Waals surface area (Å²) in [5.41, 5.74) is 0. The fourth-order valence-corrected chi connectivity index (χ4v) is 5.94. The molecule has 0 spiro atoms. The molecule has 0 unspecified atom stereocenters. The van der Waals surface area contributed by atoms with Crippen molar-refractivity contribution in [1.82, 2.24) is 0 Å². The Morgan fingerprint density at radius 2 is 1.56 bits per heavy atom. The Kier molecular flexibility index (Phi) is 2.68. The second-order valence-electron chi connectivity index (χ2n) is 3.46. The molecule has 0 aromatic carbocycles. The van der Waals surface area contributed by atoms with Crippen LogP contribution in [0.1, 0.15) is 0 Å².